The number of amides is 2. The van der Waals surface area contributed by atoms with Crippen molar-refractivity contribution >= 4 is 11.6 Å². The standard InChI is InChI=1S/C28H25FN4O3/c1-17-6-4-7-19(14-17)16-33-18(2)24(25(30-28(33)34)21-8-5-9-23(15-21)35-3)27-31-26(32-36-27)20-10-12-22(29)13-11-20/h4-15,25H,16H2,1-3H3,(H,30,34). The second-order valence-corrected chi connectivity index (χ2v) is 8.66. The summed E-state index contributed by atoms with van der Waals surface area (Å²) >= 11 is 0. The number of hydrogen-bond acceptors (Lipinski definition) is 5. The third kappa shape index (κ3) is 4.57. The van der Waals surface area contributed by atoms with Gasteiger partial charge in [0.25, 0.3) is 5.89 Å². The minimum atomic E-state index is -0.539. The van der Waals surface area contributed by atoms with Crippen molar-refractivity contribution in [1.29, 1.82) is 0 Å². The van der Waals surface area contributed by atoms with Crippen LogP contribution in [0.4, 0.5) is 9.18 Å². The first-order valence-electron chi connectivity index (χ1n) is 11.5. The fraction of sp³-hybridized carbons (Fsp3) is 0.179. The van der Waals surface area contributed by atoms with Gasteiger partial charge >= 0.3 is 6.03 Å². The van der Waals surface area contributed by atoms with Crippen molar-refractivity contribution in [3.8, 4) is 17.1 Å². The van der Waals surface area contributed by atoms with Crippen LogP contribution < -0.4 is 10.1 Å². The summed E-state index contributed by atoms with van der Waals surface area (Å²) < 4.78 is 24.5. The van der Waals surface area contributed by atoms with Gasteiger partial charge in [-0.1, -0.05) is 47.1 Å². The maximum absolute atomic E-state index is 13.4. The summed E-state index contributed by atoms with van der Waals surface area (Å²) in [5.74, 6) is 0.921. The number of ether oxygens (including phenoxy) is 1. The monoisotopic (exact) mass is 484 g/mol. The first-order chi connectivity index (χ1) is 17.4. The van der Waals surface area contributed by atoms with E-state index in [2.05, 4.69) is 15.5 Å². The minimum Gasteiger partial charge on any atom is -0.497 e. The number of hydrogen-bond donors (Lipinski definition) is 1. The van der Waals surface area contributed by atoms with E-state index < -0.39 is 6.04 Å². The Morgan fingerprint density at radius 2 is 1.83 bits per heavy atom. The summed E-state index contributed by atoms with van der Waals surface area (Å²) in [6.07, 6.45) is 0. The summed E-state index contributed by atoms with van der Waals surface area (Å²) in [6.45, 7) is 4.27. The largest absolute Gasteiger partial charge is 0.497 e. The molecule has 0 fully saturated rings. The maximum atomic E-state index is 13.4. The Kier molecular flexibility index (Phi) is 6.25. The third-order valence-electron chi connectivity index (χ3n) is 6.21. The van der Waals surface area contributed by atoms with E-state index in [0.29, 0.717) is 35.0 Å². The molecule has 0 spiro atoms. The van der Waals surface area contributed by atoms with Crippen molar-refractivity contribution in [1.82, 2.24) is 20.4 Å². The molecule has 7 nitrogen and oxygen atoms in total. The summed E-state index contributed by atoms with van der Waals surface area (Å²) in [4.78, 5) is 19.6. The van der Waals surface area contributed by atoms with E-state index in [9.17, 15) is 9.18 Å². The summed E-state index contributed by atoms with van der Waals surface area (Å²) in [5.41, 5.74) is 4.93. The van der Waals surface area contributed by atoms with Crippen LogP contribution in [-0.2, 0) is 6.54 Å². The number of aryl methyl sites for hydroxylation is 1. The van der Waals surface area contributed by atoms with E-state index in [1.807, 2.05) is 62.4 Å². The zero-order chi connectivity index (χ0) is 25.2. The molecule has 1 atom stereocenters. The summed E-state index contributed by atoms with van der Waals surface area (Å²) in [7, 11) is 1.59. The lowest BCUT2D eigenvalue weighted by atomic mass is 9.94. The molecule has 1 aliphatic rings. The van der Waals surface area contributed by atoms with Gasteiger partial charge in [0.15, 0.2) is 0 Å². The zero-order valence-corrected chi connectivity index (χ0v) is 20.2. The molecule has 1 N–H and O–H groups in total. The van der Waals surface area contributed by atoms with Crippen LogP contribution in [-0.4, -0.2) is 28.2 Å². The fourth-order valence-corrected chi connectivity index (χ4v) is 4.36. The average molecular weight is 485 g/mol. The van der Waals surface area contributed by atoms with Crippen LogP contribution in [0.5, 0.6) is 5.75 Å². The Bertz CT molecular complexity index is 1450. The normalized spacial score (nSPS) is 15.7. The minimum absolute atomic E-state index is 0.233. The Morgan fingerprint density at radius 1 is 1.06 bits per heavy atom. The number of nitrogens with one attached hydrogen (secondary N) is 1. The Balaban J connectivity index is 1.60. The van der Waals surface area contributed by atoms with E-state index >= 15 is 0 Å². The lowest BCUT2D eigenvalue weighted by molar-refractivity contribution is 0.203. The second kappa shape index (κ2) is 9.65. The van der Waals surface area contributed by atoms with Gasteiger partial charge in [-0.05, 0) is 61.4 Å². The van der Waals surface area contributed by atoms with Crippen molar-refractivity contribution < 1.29 is 18.4 Å². The van der Waals surface area contributed by atoms with Gasteiger partial charge in [0, 0.05) is 11.3 Å². The van der Waals surface area contributed by atoms with Gasteiger partial charge in [0.1, 0.15) is 11.6 Å². The fourth-order valence-electron chi connectivity index (χ4n) is 4.36. The SMILES string of the molecule is COc1cccc(C2NC(=O)N(Cc3cccc(C)c3)C(C)=C2c2nc(-c3ccc(F)cc3)no2)c1. The maximum Gasteiger partial charge on any atom is 0.322 e. The Hall–Kier alpha value is -4.46. The predicted octanol–water partition coefficient (Wildman–Crippen LogP) is 5.89. The highest BCUT2D eigenvalue weighted by atomic mass is 19.1. The molecule has 4 aromatic rings. The van der Waals surface area contributed by atoms with Crippen LogP contribution >= 0.6 is 0 Å². The molecule has 3 aromatic carbocycles. The summed E-state index contributed by atoms with van der Waals surface area (Å²) in [6, 6.07) is 20.6. The molecule has 0 bridgehead atoms. The molecule has 182 valence electrons. The summed E-state index contributed by atoms with van der Waals surface area (Å²) in [5, 5.41) is 7.23. The van der Waals surface area contributed by atoms with Gasteiger partial charge < -0.3 is 14.6 Å². The highest BCUT2D eigenvalue weighted by molar-refractivity contribution is 5.87. The van der Waals surface area contributed by atoms with Crippen molar-refractivity contribution in [2.75, 3.05) is 7.11 Å². The molecular formula is C28H25FN4O3. The number of carbonyl (C=O) groups excluding carboxylic acids is 1. The predicted molar refractivity (Wildman–Crippen MR) is 133 cm³/mol. The van der Waals surface area contributed by atoms with E-state index in [-0.39, 0.29) is 17.7 Å². The molecular weight excluding hydrogens is 459 g/mol. The quantitative estimate of drug-likeness (QED) is 0.369. The highest BCUT2D eigenvalue weighted by Gasteiger charge is 2.36. The van der Waals surface area contributed by atoms with Crippen LogP contribution in [0.1, 0.15) is 35.5 Å². The smallest absolute Gasteiger partial charge is 0.322 e. The number of urea groups is 1. The number of nitrogens with zero attached hydrogens (tertiary/aromatic N) is 3. The number of carbonyl (C=O) groups is 1. The number of rotatable bonds is 6. The van der Waals surface area contributed by atoms with Crippen LogP contribution in [0.25, 0.3) is 17.0 Å². The molecule has 0 saturated heterocycles. The number of methoxy groups -OCH3 is 1. The van der Waals surface area contributed by atoms with Gasteiger partial charge in [0.2, 0.25) is 5.82 Å². The molecule has 8 heteroatoms. The Morgan fingerprint density at radius 3 is 2.58 bits per heavy atom. The van der Waals surface area contributed by atoms with Crippen molar-refractivity contribution in [3.05, 3.63) is 107 Å². The molecule has 0 aliphatic carbocycles. The number of halogens is 1. The highest BCUT2D eigenvalue weighted by Crippen LogP contribution is 2.38. The topological polar surface area (TPSA) is 80.5 Å². The number of benzene rings is 3. The molecule has 1 unspecified atom stereocenters. The van der Waals surface area contributed by atoms with Gasteiger partial charge in [-0.3, -0.25) is 4.90 Å². The zero-order valence-electron chi connectivity index (χ0n) is 20.2. The van der Waals surface area contributed by atoms with Gasteiger partial charge in [0.05, 0.1) is 25.3 Å². The third-order valence-corrected chi connectivity index (χ3v) is 6.21. The van der Waals surface area contributed by atoms with Gasteiger partial charge in [-0.2, -0.15) is 4.98 Å². The molecule has 1 aromatic heterocycles. The van der Waals surface area contributed by atoms with E-state index in [1.165, 1.54) is 12.1 Å². The second-order valence-electron chi connectivity index (χ2n) is 8.66. The first-order valence-corrected chi connectivity index (χ1v) is 11.5. The van der Waals surface area contributed by atoms with Crippen molar-refractivity contribution in [2.24, 2.45) is 0 Å². The lowest BCUT2D eigenvalue weighted by Crippen LogP contribution is -2.45. The van der Waals surface area contributed by atoms with E-state index in [0.717, 1.165) is 16.7 Å². The molecule has 0 radical (unpaired) electrons. The lowest BCUT2D eigenvalue weighted by Gasteiger charge is -2.35. The van der Waals surface area contributed by atoms with Crippen LogP contribution in [0.15, 0.2) is 83.0 Å². The van der Waals surface area contributed by atoms with Crippen LogP contribution in [0.2, 0.25) is 0 Å². The van der Waals surface area contributed by atoms with Gasteiger partial charge in [-0.25, -0.2) is 9.18 Å². The average Bonchev–Trinajstić information content (AvgIpc) is 3.36. The molecule has 36 heavy (non-hydrogen) atoms. The number of allylic oxidation sites excluding steroid dienone is 1. The molecule has 0 saturated carbocycles. The van der Waals surface area contributed by atoms with Gasteiger partial charge in [-0.15, -0.1) is 0 Å². The molecule has 5 rings (SSSR count). The van der Waals surface area contributed by atoms with Crippen LogP contribution in [0, 0.1) is 12.7 Å². The molecule has 1 aliphatic heterocycles. The Labute approximate surface area is 208 Å². The van der Waals surface area contributed by atoms with Crippen LogP contribution in [0.3, 0.4) is 0 Å². The number of aromatic nitrogens is 2. The molecule has 2 amide bonds. The van der Waals surface area contributed by atoms with E-state index in [4.69, 9.17) is 9.26 Å². The molecule has 2 heterocycles. The van der Waals surface area contributed by atoms with Crippen molar-refractivity contribution in [3.63, 3.8) is 0 Å². The van der Waals surface area contributed by atoms with Crippen molar-refractivity contribution in [2.45, 2.75) is 26.4 Å². The van der Waals surface area contributed by atoms with E-state index in [1.54, 1.807) is 24.1 Å². The first kappa shape index (κ1) is 23.3.